The van der Waals surface area contributed by atoms with Crippen LogP contribution in [0.25, 0.3) is 0 Å². The molecule has 4 aliphatic rings. The number of carbonyl (C=O) groups is 5. The number of fused-ring (bicyclic) bond motifs is 1. The van der Waals surface area contributed by atoms with Gasteiger partial charge in [-0.05, 0) is 80.3 Å². The molecule has 4 aliphatic heterocycles. The topological polar surface area (TPSA) is 288 Å². The number of benzene rings is 3. The van der Waals surface area contributed by atoms with Crippen molar-refractivity contribution in [2.24, 2.45) is 16.8 Å². The fourth-order valence-electron chi connectivity index (χ4n) is 8.98. The second-order valence-corrected chi connectivity index (χ2v) is 18.4. The second-order valence-electron chi connectivity index (χ2n) is 17.1. The zero-order valence-corrected chi connectivity index (χ0v) is 38.6. The lowest BCUT2D eigenvalue weighted by Crippen LogP contribution is -2.63. The van der Waals surface area contributed by atoms with Crippen LogP contribution in [0.2, 0.25) is 0 Å². The van der Waals surface area contributed by atoms with E-state index in [4.69, 9.17) is 14.2 Å². The van der Waals surface area contributed by atoms with Crippen LogP contribution in [0.4, 0.5) is 26.7 Å². The number of nitro benzene ring substituents is 3. The van der Waals surface area contributed by atoms with Crippen LogP contribution >= 0.6 is 11.8 Å². The molecule has 7 atom stereocenters. The van der Waals surface area contributed by atoms with Gasteiger partial charge in [0, 0.05) is 84.7 Å². The van der Waals surface area contributed by atoms with Gasteiger partial charge < -0.3 is 34.0 Å². The maximum absolute atomic E-state index is 14.6. The summed E-state index contributed by atoms with van der Waals surface area (Å²) < 4.78 is 16.6. The lowest BCUT2D eigenvalue weighted by molar-refractivity contribution is -0.385. The molecule has 23 nitrogen and oxygen atoms in total. The number of aliphatic hydroxyl groups excluding tert-OH is 1. The van der Waals surface area contributed by atoms with E-state index >= 15 is 0 Å². The van der Waals surface area contributed by atoms with E-state index < -0.39 is 80.0 Å². The predicted octanol–water partition coefficient (Wildman–Crippen LogP) is 5.32. The summed E-state index contributed by atoms with van der Waals surface area (Å²) in [7, 11) is 0. The Morgan fingerprint density at radius 2 is 1.28 bits per heavy atom. The third-order valence-electron chi connectivity index (χ3n) is 12.5. The Morgan fingerprint density at radius 1 is 0.768 bits per heavy atom. The summed E-state index contributed by atoms with van der Waals surface area (Å²) in [5.74, 6) is -2.64. The van der Waals surface area contributed by atoms with E-state index in [1.54, 1.807) is 11.8 Å². The number of nitro groups is 3. The highest BCUT2D eigenvalue weighted by Crippen LogP contribution is 2.52. The number of rotatable bonds is 14. The number of amides is 4. The number of thioether (sulfide) groups is 1. The minimum absolute atomic E-state index is 0.0246. The summed E-state index contributed by atoms with van der Waals surface area (Å²) in [5.41, 5.74) is 1.01. The minimum Gasteiger partial charge on any atom is -0.456 e. The number of aliphatic imine (C=N–C) groups is 1. The van der Waals surface area contributed by atoms with Crippen molar-refractivity contribution in [1.82, 2.24) is 19.6 Å². The van der Waals surface area contributed by atoms with E-state index in [0.717, 1.165) is 0 Å². The number of amidine groups is 1. The van der Waals surface area contributed by atoms with Gasteiger partial charge in [-0.15, -0.1) is 11.8 Å². The molecule has 3 aromatic rings. The van der Waals surface area contributed by atoms with Crippen molar-refractivity contribution in [2.75, 3.05) is 26.2 Å². The highest BCUT2D eigenvalue weighted by molar-refractivity contribution is 8.03. The van der Waals surface area contributed by atoms with Crippen molar-refractivity contribution in [2.45, 2.75) is 83.4 Å². The summed E-state index contributed by atoms with van der Waals surface area (Å²) in [5, 5.41) is 43.4. The smallest absolute Gasteiger partial charge is 0.435 e. The number of nitrogens with zero attached hydrogens (tertiary/aromatic N) is 8. The first-order valence-corrected chi connectivity index (χ1v) is 22.7. The lowest BCUT2D eigenvalue weighted by Gasteiger charge is -2.46. The zero-order chi connectivity index (χ0) is 49.8. The van der Waals surface area contributed by atoms with Gasteiger partial charge in [0.15, 0.2) is 0 Å². The molecule has 69 heavy (non-hydrogen) atoms. The van der Waals surface area contributed by atoms with Crippen LogP contribution in [-0.4, -0.2) is 131 Å². The van der Waals surface area contributed by atoms with Crippen LogP contribution < -0.4 is 0 Å². The van der Waals surface area contributed by atoms with Crippen LogP contribution in [-0.2, 0) is 48.4 Å². The summed E-state index contributed by atoms with van der Waals surface area (Å²) in [6, 6.07) is 14.4. The number of likely N-dealkylation sites (tertiary alicyclic amines) is 1. The Kier molecular flexibility index (Phi) is 14.9. The SMILES string of the molecule is CC(=NC(=O)OCc1ccc([N+](=O)[O-])cc1)N1CCN(C(=O)[C@@H]2C[C@H](SC3=C(C(=O)OCc4ccc([N+](=O)[O-])cc4)N4C(=O)[C@H]([C@@H](C)O)[C@H]4[C@H]3C)CN2C(=O)OCc2ccc([N+](=O)[O-])cc2)C[C@@H]1C. The number of non-ortho nitro benzene ring substituents is 3. The van der Waals surface area contributed by atoms with Gasteiger partial charge in [-0.25, -0.2) is 14.4 Å². The minimum atomic E-state index is -1.05. The van der Waals surface area contributed by atoms with E-state index in [2.05, 4.69) is 4.99 Å². The van der Waals surface area contributed by atoms with Crippen LogP contribution in [0.1, 0.15) is 50.8 Å². The van der Waals surface area contributed by atoms with Gasteiger partial charge in [0.05, 0.1) is 32.8 Å². The standard InChI is InChI=1S/C45H48N8O15S/c1-25-20-47(17-18-48(25)28(4)46-44(58)67-23-30-7-13-33(14-8-30)52(62)63)41(55)36-19-35(21-49(36)45(59)68-24-31-9-15-34(16-10-31)53(64)65)69-40-26(2)38-37(27(3)54)42(56)50(38)39(40)43(57)66-22-29-5-11-32(12-6-29)51(60)61/h5-16,25-27,35-38,54H,17-24H2,1-4H3/t25-,26+,27+,35-,36-,37+,38+/m0/s1. The zero-order valence-electron chi connectivity index (χ0n) is 37.8. The number of hydrogen-bond donors (Lipinski definition) is 1. The first kappa shape index (κ1) is 49.4. The average molecular weight is 973 g/mol. The second kappa shape index (κ2) is 20.8. The van der Waals surface area contributed by atoms with Gasteiger partial charge in [-0.3, -0.25) is 44.8 Å². The Balaban J connectivity index is 1.07. The van der Waals surface area contributed by atoms with Crippen molar-refractivity contribution >= 4 is 64.6 Å². The highest BCUT2D eigenvalue weighted by Gasteiger charge is 2.61. The van der Waals surface area contributed by atoms with Gasteiger partial charge in [-0.1, -0.05) is 6.92 Å². The molecule has 0 unspecified atom stereocenters. The van der Waals surface area contributed by atoms with Gasteiger partial charge in [0.2, 0.25) is 11.8 Å². The van der Waals surface area contributed by atoms with E-state index in [-0.39, 0.29) is 81.2 Å². The Labute approximate surface area is 398 Å². The van der Waals surface area contributed by atoms with Gasteiger partial charge in [-0.2, -0.15) is 4.99 Å². The number of hydrogen-bond acceptors (Lipinski definition) is 16. The molecule has 0 saturated carbocycles. The van der Waals surface area contributed by atoms with E-state index in [1.807, 2.05) is 18.7 Å². The van der Waals surface area contributed by atoms with Crippen molar-refractivity contribution in [3.8, 4) is 0 Å². The fourth-order valence-corrected chi connectivity index (χ4v) is 10.5. The molecular formula is C45H48N8O15S. The Bertz CT molecular complexity index is 2590. The third kappa shape index (κ3) is 10.8. The first-order chi connectivity index (χ1) is 32.8. The molecule has 3 saturated heterocycles. The van der Waals surface area contributed by atoms with E-state index in [9.17, 15) is 59.4 Å². The molecule has 0 radical (unpaired) electrons. The van der Waals surface area contributed by atoms with Crippen LogP contribution in [0, 0.1) is 42.2 Å². The lowest BCUT2D eigenvalue weighted by atomic mass is 9.79. The highest BCUT2D eigenvalue weighted by atomic mass is 32.2. The largest absolute Gasteiger partial charge is 0.456 e. The monoisotopic (exact) mass is 972 g/mol. The number of piperazine rings is 1. The van der Waals surface area contributed by atoms with Crippen molar-refractivity contribution in [1.29, 1.82) is 0 Å². The van der Waals surface area contributed by atoms with Gasteiger partial charge >= 0.3 is 18.2 Å². The number of carbonyl (C=O) groups excluding carboxylic acids is 5. The first-order valence-electron chi connectivity index (χ1n) is 21.8. The fraction of sp³-hybridized carbons (Fsp3) is 0.422. The molecule has 3 fully saturated rings. The quantitative estimate of drug-likeness (QED) is 0.0406. The van der Waals surface area contributed by atoms with Crippen molar-refractivity contribution in [3.05, 3.63) is 130 Å². The molecule has 4 amide bonds. The maximum Gasteiger partial charge on any atom is 0.435 e. The number of esters is 1. The van der Waals surface area contributed by atoms with Crippen molar-refractivity contribution < 1.29 is 58.1 Å². The molecule has 24 heteroatoms. The number of ether oxygens (including phenoxy) is 3. The summed E-state index contributed by atoms with van der Waals surface area (Å²) in [4.78, 5) is 111. The summed E-state index contributed by atoms with van der Waals surface area (Å²) in [6.07, 6.45) is -2.64. The molecule has 1 N–H and O–H groups in total. The molecule has 0 bridgehead atoms. The summed E-state index contributed by atoms with van der Waals surface area (Å²) in [6.45, 7) is 6.68. The molecule has 364 valence electrons. The van der Waals surface area contributed by atoms with Crippen LogP contribution in [0.5, 0.6) is 0 Å². The van der Waals surface area contributed by atoms with Crippen LogP contribution in [0.15, 0.2) is 88.4 Å². The summed E-state index contributed by atoms with van der Waals surface area (Å²) >= 11 is 1.22. The number of β-lactam (4-membered cyclic amide) rings is 1. The number of aliphatic hydroxyl groups is 1. The Morgan fingerprint density at radius 3 is 1.77 bits per heavy atom. The third-order valence-corrected chi connectivity index (χ3v) is 14.0. The van der Waals surface area contributed by atoms with Crippen molar-refractivity contribution in [3.63, 3.8) is 0 Å². The molecule has 0 aliphatic carbocycles. The molecule has 0 spiro atoms. The molecular weight excluding hydrogens is 925 g/mol. The molecule has 7 rings (SSSR count). The molecule has 3 aromatic carbocycles. The van der Waals surface area contributed by atoms with Gasteiger partial charge in [0.1, 0.15) is 37.4 Å². The van der Waals surface area contributed by atoms with Gasteiger partial charge in [0.25, 0.3) is 17.1 Å². The molecule has 0 aromatic heterocycles. The molecule has 4 heterocycles. The Hall–Kier alpha value is -7.47. The normalized spacial score (nSPS) is 22.7. The predicted molar refractivity (Wildman–Crippen MR) is 244 cm³/mol. The van der Waals surface area contributed by atoms with E-state index in [0.29, 0.717) is 27.4 Å². The maximum atomic E-state index is 14.6. The van der Waals surface area contributed by atoms with E-state index in [1.165, 1.54) is 101 Å². The average Bonchev–Trinajstić information content (AvgIpc) is 3.85. The van der Waals surface area contributed by atoms with Crippen LogP contribution in [0.3, 0.4) is 0 Å².